The van der Waals surface area contributed by atoms with Gasteiger partial charge in [0.05, 0.1) is 37.0 Å². The number of aliphatic hydroxyl groups is 1. The first kappa shape index (κ1) is 25.0. The summed E-state index contributed by atoms with van der Waals surface area (Å²) in [5.74, 6) is -1.21. The van der Waals surface area contributed by atoms with Gasteiger partial charge in [0.2, 0.25) is 5.75 Å². The van der Waals surface area contributed by atoms with E-state index >= 15 is 0 Å². The minimum absolute atomic E-state index is 0.0136. The summed E-state index contributed by atoms with van der Waals surface area (Å²) < 4.78 is 54.5. The third-order valence-corrected chi connectivity index (χ3v) is 5.57. The number of phenolic OH excluding ortho intramolecular Hbond substituents is 1. The van der Waals surface area contributed by atoms with Crippen LogP contribution < -0.4 is 9.47 Å². The molecule has 2 N–H and O–H groups in total. The van der Waals surface area contributed by atoms with Gasteiger partial charge in [-0.3, -0.25) is 0 Å². The van der Waals surface area contributed by atoms with Crippen LogP contribution in [0.2, 0.25) is 0 Å². The Bertz CT molecular complexity index is 1200. The summed E-state index contributed by atoms with van der Waals surface area (Å²) in [6, 6.07) is 7.16. The Hall–Kier alpha value is -3.60. The topological polar surface area (TPSA) is 97.6 Å². The molecule has 0 unspecified atom stereocenters. The zero-order valence-corrected chi connectivity index (χ0v) is 19.1. The molecule has 1 aliphatic rings. The van der Waals surface area contributed by atoms with Crippen molar-refractivity contribution in [2.75, 3.05) is 20.8 Å². The highest BCUT2D eigenvalue weighted by molar-refractivity contribution is 8.18. The summed E-state index contributed by atoms with van der Waals surface area (Å²) in [6.45, 7) is 1.59. The van der Waals surface area contributed by atoms with Crippen LogP contribution in [0.3, 0.4) is 0 Å². The Morgan fingerprint density at radius 3 is 2.50 bits per heavy atom. The molecule has 3 rings (SSSR count). The van der Waals surface area contributed by atoms with Gasteiger partial charge in [-0.1, -0.05) is 17.8 Å². The van der Waals surface area contributed by atoms with Crippen molar-refractivity contribution in [2.24, 2.45) is 4.99 Å². The number of rotatable bonds is 6. The highest BCUT2D eigenvalue weighted by Gasteiger charge is 2.34. The molecular weight excluding hydrogens is 475 g/mol. The van der Waals surface area contributed by atoms with Gasteiger partial charge in [0.1, 0.15) is 16.4 Å². The molecule has 0 atom stereocenters. The summed E-state index contributed by atoms with van der Waals surface area (Å²) in [5, 5.41) is 20.9. The highest BCUT2D eigenvalue weighted by atomic mass is 32.2. The number of esters is 1. The van der Waals surface area contributed by atoms with Crippen LogP contribution in [0.25, 0.3) is 6.08 Å². The van der Waals surface area contributed by atoms with E-state index in [0.29, 0.717) is 5.56 Å². The number of aromatic hydroxyl groups is 1. The van der Waals surface area contributed by atoms with Crippen LogP contribution in [0.1, 0.15) is 18.1 Å². The van der Waals surface area contributed by atoms with E-state index in [1.807, 2.05) is 0 Å². The van der Waals surface area contributed by atoms with E-state index < -0.39 is 23.5 Å². The molecule has 0 fully saturated rings. The molecule has 0 saturated heterocycles. The Labute approximate surface area is 197 Å². The number of hydrogen-bond acceptors (Lipinski definition) is 8. The van der Waals surface area contributed by atoms with Gasteiger partial charge in [0, 0.05) is 0 Å². The highest BCUT2D eigenvalue weighted by Crippen LogP contribution is 2.43. The van der Waals surface area contributed by atoms with Crippen molar-refractivity contribution in [2.45, 2.75) is 13.1 Å². The lowest BCUT2D eigenvalue weighted by Crippen LogP contribution is -2.13. The number of halogens is 3. The second-order valence-corrected chi connectivity index (χ2v) is 7.83. The summed E-state index contributed by atoms with van der Waals surface area (Å²) >= 11 is 0.865. The second kappa shape index (κ2) is 10.1. The Morgan fingerprint density at radius 1 is 1.15 bits per heavy atom. The largest absolute Gasteiger partial charge is 0.506 e. The molecule has 0 bridgehead atoms. The molecule has 0 aromatic heterocycles. The van der Waals surface area contributed by atoms with Gasteiger partial charge in [-0.2, -0.15) is 13.2 Å². The molecular formula is C23H20F3NO6S. The van der Waals surface area contributed by atoms with Crippen LogP contribution in [-0.2, 0) is 15.7 Å². The molecule has 1 heterocycles. The van der Waals surface area contributed by atoms with Crippen LogP contribution in [0.5, 0.6) is 17.2 Å². The zero-order valence-electron chi connectivity index (χ0n) is 18.3. The molecule has 0 amide bonds. The number of thioether (sulfide) groups is 1. The first-order valence-corrected chi connectivity index (χ1v) is 10.6. The standard InChI is InChI=1S/C23H20F3NO6S/c1-4-33-22(30)18-19(29)17(10-12-8-15(28)20(32-3)16(9-12)31-2)34-21(18)27-14-7-5-6-13(11-14)23(24,25)26/h5-11,28-29H,4H2,1-3H3. The number of methoxy groups -OCH3 is 2. The first-order valence-electron chi connectivity index (χ1n) is 9.80. The quantitative estimate of drug-likeness (QED) is 0.502. The Kier molecular flexibility index (Phi) is 7.45. The van der Waals surface area contributed by atoms with Gasteiger partial charge in [-0.25, -0.2) is 9.79 Å². The summed E-state index contributed by atoms with van der Waals surface area (Å²) in [7, 11) is 2.74. The summed E-state index contributed by atoms with van der Waals surface area (Å²) in [4.78, 5) is 16.8. The molecule has 2 aromatic carbocycles. The number of phenols is 1. The third-order valence-electron chi connectivity index (χ3n) is 4.55. The van der Waals surface area contributed by atoms with Gasteiger partial charge in [-0.05, 0) is 48.9 Å². The molecule has 2 aromatic rings. The van der Waals surface area contributed by atoms with E-state index in [9.17, 15) is 28.2 Å². The zero-order chi connectivity index (χ0) is 25.0. The monoisotopic (exact) mass is 495 g/mol. The molecule has 180 valence electrons. The predicted octanol–water partition coefficient (Wildman–Crippen LogP) is 5.62. The molecule has 0 saturated carbocycles. The van der Waals surface area contributed by atoms with E-state index in [1.165, 1.54) is 44.6 Å². The average molecular weight is 495 g/mol. The number of benzene rings is 2. The molecule has 0 spiro atoms. The molecule has 0 radical (unpaired) electrons. The van der Waals surface area contributed by atoms with Crippen molar-refractivity contribution in [3.63, 3.8) is 0 Å². The van der Waals surface area contributed by atoms with Crippen LogP contribution in [0.4, 0.5) is 18.9 Å². The lowest BCUT2D eigenvalue weighted by Gasteiger charge is -2.10. The SMILES string of the molecule is CCOC(=O)C1=C(O)C(=Cc2cc(O)c(OC)c(OC)c2)SC1=Nc1cccc(C(F)(F)F)c1. The van der Waals surface area contributed by atoms with Crippen molar-refractivity contribution >= 4 is 34.5 Å². The maximum absolute atomic E-state index is 13.1. The van der Waals surface area contributed by atoms with E-state index in [1.54, 1.807) is 6.92 Å². The fraction of sp³-hybridized carbons (Fsp3) is 0.217. The Morgan fingerprint density at radius 2 is 1.88 bits per heavy atom. The Balaban J connectivity index is 2.09. The number of alkyl halides is 3. The van der Waals surface area contributed by atoms with E-state index in [2.05, 4.69) is 4.99 Å². The number of ether oxygens (including phenoxy) is 3. The number of aliphatic imine (C=N–C) groups is 1. The molecule has 7 nitrogen and oxygen atoms in total. The maximum Gasteiger partial charge on any atom is 0.416 e. The van der Waals surface area contributed by atoms with Crippen molar-refractivity contribution in [1.29, 1.82) is 0 Å². The average Bonchev–Trinajstić information content (AvgIpc) is 3.07. The molecule has 34 heavy (non-hydrogen) atoms. The maximum atomic E-state index is 13.1. The van der Waals surface area contributed by atoms with Crippen molar-refractivity contribution in [3.8, 4) is 17.2 Å². The smallest absolute Gasteiger partial charge is 0.416 e. The van der Waals surface area contributed by atoms with Crippen LogP contribution in [0, 0.1) is 0 Å². The third kappa shape index (κ3) is 5.30. The fourth-order valence-electron chi connectivity index (χ4n) is 3.06. The van der Waals surface area contributed by atoms with Crippen molar-refractivity contribution in [1.82, 2.24) is 0 Å². The number of aliphatic hydroxyl groups excluding tert-OH is 1. The first-order chi connectivity index (χ1) is 16.1. The minimum atomic E-state index is -4.57. The molecule has 11 heteroatoms. The van der Waals surface area contributed by atoms with E-state index in [0.717, 1.165) is 23.9 Å². The number of hydrogen-bond donors (Lipinski definition) is 2. The van der Waals surface area contributed by atoms with Crippen molar-refractivity contribution < 1.29 is 42.4 Å². The van der Waals surface area contributed by atoms with E-state index in [-0.39, 0.29) is 45.1 Å². The summed E-state index contributed by atoms with van der Waals surface area (Å²) in [6.07, 6.45) is -3.11. The second-order valence-electron chi connectivity index (χ2n) is 6.80. The van der Waals surface area contributed by atoms with Gasteiger partial charge in [0.15, 0.2) is 11.5 Å². The van der Waals surface area contributed by atoms with E-state index in [4.69, 9.17) is 14.2 Å². The van der Waals surface area contributed by atoms with Gasteiger partial charge >= 0.3 is 12.1 Å². The van der Waals surface area contributed by atoms with Crippen LogP contribution in [0.15, 0.2) is 57.6 Å². The molecule has 0 aliphatic carbocycles. The lowest BCUT2D eigenvalue weighted by molar-refractivity contribution is -0.138. The predicted molar refractivity (Wildman–Crippen MR) is 122 cm³/mol. The van der Waals surface area contributed by atoms with Gasteiger partial charge in [-0.15, -0.1) is 0 Å². The van der Waals surface area contributed by atoms with Gasteiger partial charge in [0.25, 0.3) is 0 Å². The summed E-state index contributed by atoms with van der Waals surface area (Å²) in [5.41, 5.74) is -0.843. The fourth-order valence-corrected chi connectivity index (χ4v) is 4.10. The van der Waals surface area contributed by atoms with Crippen LogP contribution >= 0.6 is 11.8 Å². The van der Waals surface area contributed by atoms with Gasteiger partial charge < -0.3 is 24.4 Å². The number of carbonyl (C=O) groups is 1. The normalized spacial score (nSPS) is 16.3. The van der Waals surface area contributed by atoms with Crippen molar-refractivity contribution in [3.05, 3.63) is 63.8 Å². The lowest BCUT2D eigenvalue weighted by atomic mass is 10.1. The number of nitrogens with zero attached hydrogens (tertiary/aromatic N) is 1. The minimum Gasteiger partial charge on any atom is -0.506 e. The number of carbonyl (C=O) groups excluding carboxylic acids is 1. The molecule has 1 aliphatic heterocycles. The van der Waals surface area contributed by atoms with Crippen LogP contribution in [-0.4, -0.2) is 42.1 Å².